The van der Waals surface area contributed by atoms with Crippen LogP contribution in [0.2, 0.25) is 0 Å². The van der Waals surface area contributed by atoms with E-state index in [9.17, 15) is 0 Å². The highest BCUT2D eigenvalue weighted by Gasteiger charge is 2.23. The first-order chi connectivity index (χ1) is 10.3. The number of thiol groups is 2. The fourth-order valence-corrected chi connectivity index (χ4v) is 2.95. The Morgan fingerprint density at radius 1 is 0.682 bits per heavy atom. The van der Waals surface area contributed by atoms with Gasteiger partial charge in [0.1, 0.15) is 8.64 Å². The average molecular weight is 399 g/mol. The molecular formula is C13H26N4S5. The molecule has 0 aliphatic carbocycles. The maximum atomic E-state index is 5.60. The topological polar surface area (TPSA) is 13.0 Å². The Kier molecular flexibility index (Phi) is 12.2. The van der Waals surface area contributed by atoms with Crippen LogP contribution < -0.4 is 0 Å². The summed E-state index contributed by atoms with van der Waals surface area (Å²) in [4.78, 5) is 8.05. The molecule has 0 rings (SSSR count). The van der Waals surface area contributed by atoms with Gasteiger partial charge in [0, 0.05) is 0 Å². The second-order valence-electron chi connectivity index (χ2n) is 4.59. The Hall–Kier alpha value is 0.490. The quantitative estimate of drug-likeness (QED) is 0.366. The van der Waals surface area contributed by atoms with Crippen LogP contribution in [0.15, 0.2) is 0 Å². The van der Waals surface area contributed by atoms with Gasteiger partial charge in [-0.3, -0.25) is 19.6 Å². The minimum Gasteiger partial charge on any atom is -0.290 e. The highest BCUT2D eigenvalue weighted by atomic mass is 32.1. The van der Waals surface area contributed by atoms with E-state index in [0.717, 1.165) is 26.2 Å². The van der Waals surface area contributed by atoms with Crippen LogP contribution in [0.4, 0.5) is 0 Å². The van der Waals surface area contributed by atoms with Crippen molar-refractivity contribution in [3.05, 3.63) is 0 Å². The molecule has 0 saturated heterocycles. The van der Waals surface area contributed by atoms with Crippen molar-refractivity contribution in [2.75, 3.05) is 39.5 Å². The largest absolute Gasteiger partial charge is 0.290 e. The summed E-state index contributed by atoms with van der Waals surface area (Å²) >= 11 is 24.7. The summed E-state index contributed by atoms with van der Waals surface area (Å²) in [5.74, 6) is 0. The highest BCUT2D eigenvalue weighted by molar-refractivity contribution is 8.11. The third-order valence-electron chi connectivity index (χ3n) is 3.40. The molecule has 0 N–H and O–H groups in total. The molecule has 4 nitrogen and oxygen atoms in total. The van der Waals surface area contributed by atoms with E-state index in [2.05, 4.69) is 62.8 Å². The Morgan fingerprint density at radius 2 is 0.955 bits per heavy atom. The molecule has 22 heavy (non-hydrogen) atoms. The Morgan fingerprint density at radius 3 is 1.14 bits per heavy atom. The number of rotatable bonds is 8. The van der Waals surface area contributed by atoms with Gasteiger partial charge in [-0.15, -0.1) is 25.3 Å². The number of nitrogens with zero attached hydrogens (tertiary/aromatic N) is 4. The molecule has 0 amide bonds. The second kappa shape index (κ2) is 11.9. The summed E-state index contributed by atoms with van der Waals surface area (Å²) in [6.07, 6.45) is 0. The van der Waals surface area contributed by atoms with E-state index in [4.69, 9.17) is 36.7 Å². The first-order valence-electron chi connectivity index (χ1n) is 7.31. The van der Waals surface area contributed by atoms with E-state index in [1.165, 1.54) is 0 Å². The molecule has 0 aromatic heterocycles. The standard InChI is InChI=1S/C13H26N4S5/c1-5-14(6-2)9-16(12(19)20)11(18)17(13(21)22)10-15(7-3)8-4/h5-10H2,1-4H3,(H,19,20)(H,21,22). The second-order valence-corrected chi connectivity index (χ2v) is 7.18. The van der Waals surface area contributed by atoms with Gasteiger partial charge < -0.3 is 0 Å². The van der Waals surface area contributed by atoms with E-state index < -0.39 is 0 Å². The van der Waals surface area contributed by atoms with Gasteiger partial charge in [0.05, 0.1) is 13.3 Å². The van der Waals surface area contributed by atoms with Crippen molar-refractivity contribution >= 4 is 75.7 Å². The molecule has 0 spiro atoms. The number of hydrogen-bond donors (Lipinski definition) is 2. The van der Waals surface area contributed by atoms with Gasteiger partial charge in [0.25, 0.3) is 0 Å². The summed E-state index contributed by atoms with van der Waals surface area (Å²) in [7, 11) is 0. The van der Waals surface area contributed by atoms with E-state index in [-0.39, 0.29) is 0 Å². The molecule has 128 valence electrons. The van der Waals surface area contributed by atoms with Crippen LogP contribution in [0.1, 0.15) is 27.7 Å². The maximum absolute atomic E-state index is 5.60. The van der Waals surface area contributed by atoms with Crippen LogP contribution in [0.3, 0.4) is 0 Å². The molecule has 0 heterocycles. The van der Waals surface area contributed by atoms with Crippen molar-refractivity contribution in [3.63, 3.8) is 0 Å². The minimum absolute atomic E-state index is 0.436. The van der Waals surface area contributed by atoms with Crippen molar-refractivity contribution in [2.45, 2.75) is 27.7 Å². The molecule has 0 fully saturated rings. The Labute approximate surface area is 162 Å². The zero-order valence-corrected chi connectivity index (χ0v) is 17.9. The van der Waals surface area contributed by atoms with Crippen molar-refractivity contribution in [2.24, 2.45) is 0 Å². The molecule has 0 unspecified atom stereocenters. The van der Waals surface area contributed by atoms with Crippen molar-refractivity contribution in [3.8, 4) is 0 Å². The van der Waals surface area contributed by atoms with Gasteiger partial charge >= 0.3 is 0 Å². The lowest BCUT2D eigenvalue weighted by atomic mass is 10.5. The predicted octanol–water partition coefficient (Wildman–Crippen LogP) is 2.90. The first kappa shape index (κ1) is 22.5. The fourth-order valence-electron chi connectivity index (χ4n) is 1.80. The molecule has 0 aliphatic heterocycles. The third-order valence-corrected chi connectivity index (χ3v) is 4.76. The first-order valence-corrected chi connectivity index (χ1v) is 9.43. The molecule has 9 heteroatoms. The molecule has 0 bridgehead atoms. The normalized spacial score (nSPS) is 10.9. The summed E-state index contributed by atoms with van der Waals surface area (Å²) in [6.45, 7) is 13.2. The van der Waals surface area contributed by atoms with Crippen LogP contribution in [-0.2, 0) is 0 Å². The Balaban J connectivity index is 5.20. The number of thiocarbonyl (C=S) groups is 3. The Bertz CT molecular complexity index is 349. The molecule has 0 radical (unpaired) electrons. The lowest BCUT2D eigenvalue weighted by Gasteiger charge is -2.36. The fraction of sp³-hybridized carbons (Fsp3) is 0.769. The van der Waals surface area contributed by atoms with Crippen molar-refractivity contribution < 1.29 is 0 Å². The van der Waals surface area contributed by atoms with Crippen LogP contribution in [-0.4, -0.2) is 72.9 Å². The number of hydrogen-bond acceptors (Lipinski definition) is 5. The smallest absolute Gasteiger partial charge is 0.184 e. The van der Waals surface area contributed by atoms with E-state index in [0.29, 0.717) is 27.1 Å². The van der Waals surface area contributed by atoms with Crippen LogP contribution in [0, 0.1) is 0 Å². The predicted molar refractivity (Wildman–Crippen MR) is 115 cm³/mol. The van der Waals surface area contributed by atoms with Gasteiger partial charge in [0.2, 0.25) is 0 Å². The van der Waals surface area contributed by atoms with Gasteiger partial charge in [-0.05, 0) is 38.4 Å². The zero-order valence-electron chi connectivity index (χ0n) is 13.7. The highest BCUT2D eigenvalue weighted by Crippen LogP contribution is 2.10. The van der Waals surface area contributed by atoms with Gasteiger partial charge in [-0.1, -0.05) is 52.1 Å². The minimum atomic E-state index is 0.436. The zero-order chi connectivity index (χ0) is 17.3. The molecule has 0 aliphatic rings. The molecule has 0 aromatic carbocycles. The summed E-state index contributed by atoms with van der Waals surface area (Å²) in [6, 6.07) is 0. The molecule has 0 saturated carbocycles. The monoisotopic (exact) mass is 398 g/mol. The molecule has 0 aromatic rings. The lowest BCUT2D eigenvalue weighted by molar-refractivity contribution is 0.222. The summed E-state index contributed by atoms with van der Waals surface area (Å²) in [5.41, 5.74) is 0. The van der Waals surface area contributed by atoms with Crippen LogP contribution in [0.5, 0.6) is 0 Å². The maximum Gasteiger partial charge on any atom is 0.184 e. The van der Waals surface area contributed by atoms with E-state index in [1.54, 1.807) is 0 Å². The van der Waals surface area contributed by atoms with Gasteiger partial charge in [-0.2, -0.15) is 0 Å². The summed E-state index contributed by atoms with van der Waals surface area (Å²) in [5, 5.41) is 0.541. The van der Waals surface area contributed by atoms with Gasteiger partial charge in [0.15, 0.2) is 5.11 Å². The summed E-state index contributed by atoms with van der Waals surface area (Å²) < 4.78 is 0.872. The SMILES string of the molecule is CCN(CC)CN(C(=S)S)C(=S)N(CN(CC)CC)C(=S)S. The van der Waals surface area contributed by atoms with Crippen LogP contribution in [0.25, 0.3) is 0 Å². The van der Waals surface area contributed by atoms with Crippen LogP contribution >= 0.6 is 61.9 Å². The van der Waals surface area contributed by atoms with Gasteiger partial charge in [-0.25, -0.2) is 0 Å². The third kappa shape index (κ3) is 7.37. The average Bonchev–Trinajstić information content (AvgIpc) is 2.48. The van der Waals surface area contributed by atoms with Crippen molar-refractivity contribution in [1.29, 1.82) is 0 Å². The molecular weight excluding hydrogens is 373 g/mol. The van der Waals surface area contributed by atoms with Crippen molar-refractivity contribution in [1.82, 2.24) is 19.6 Å². The van der Waals surface area contributed by atoms with E-state index in [1.807, 2.05) is 9.80 Å². The van der Waals surface area contributed by atoms with E-state index >= 15 is 0 Å². The lowest BCUT2D eigenvalue weighted by Crippen LogP contribution is -2.52. The molecule has 0 atom stereocenters.